The molecule has 3 aliphatic rings. The second-order valence-corrected chi connectivity index (χ2v) is 15.1. The summed E-state index contributed by atoms with van der Waals surface area (Å²) in [6, 6.07) is 3.45. The normalized spacial score (nSPS) is 40.2. The van der Waals surface area contributed by atoms with Gasteiger partial charge in [0.25, 0.3) is 0 Å². The third kappa shape index (κ3) is 4.46. The Labute approximate surface area is 178 Å². The molecule has 0 N–H and O–H groups in total. The van der Waals surface area contributed by atoms with Gasteiger partial charge in [-0.2, -0.15) is 0 Å². The van der Waals surface area contributed by atoms with Crippen molar-refractivity contribution in [2.75, 3.05) is 0 Å². The highest BCUT2D eigenvalue weighted by Gasteiger charge is 2.55. The molecule has 3 heterocycles. The van der Waals surface area contributed by atoms with Crippen LogP contribution in [-0.2, 0) is 23.4 Å². The molecule has 0 radical (unpaired) electrons. The number of fused-ring (bicyclic) bond motifs is 2. The molecule has 0 aromatic carbocycles. The number of carbonyl (C=O) groups excluding carboxylic acids is 1. The Morgan fingerprint density at radius 1 is 0.897 bits per heavy atom. The molecule has 0 aliphatic carbocycles. The summed E-state index contributed by atoms with van der Waals surface area (Å²) >= 11 is 0. The van der Waals surface area contributed by atoms with E-state index in [2.05, 4.69) is 41.5 Å². The summed E-state index contributed by atoms with van der Waals surface area (Å²) in [5.41, 5.74) is -1.28. The highest BCUT2D eigenvalue weighted by atomic mass is 28.4. The third-order valence-corrected chi connectivity index (χ3v) is 12.7. The zero-order valence-corrected chi connectivity index (χ0v) is 20.6. The second-order valence-electron chi connectivity index (χ2n) is 10.4. The molecule has 0 amide bonds. The standard InChI is InChI=1S/C23H42O5Si/c1-8-29(9-2,10-3)28-17-13-15-22(6)19(25-21(17,4)5)14-16-23(7)18(26-22)11-12-20(24)27-23/h17-19H,8-16H2,1-7H3/t17-,18+,19-,22+,23-/m1/s1. The summed E-state index contributed by atoms with van der Waals surface area (Å²) in [7, 11) is -1.73. The maximum Gasteiger partial charge on any atom is 0.306 e. The van der Waals surface area contributed by atoms with Crippen molar-refractivity contribution in [2.24, 2.45) is 0 Å². The maximum atomic E-state index is 11.9. The van der Waals surface area contributed by atoms with Gasteiger partial charge in [0, 0.05) is 6.42 Å². The number of hydrogen-bond donors (Lipinski definition) is 0. The first kappa shape index (κ1) is 23.2. The Hall–Kier alpha value is -0.433. The summed E-state index contributed by atoms with van der Waals surface area (Å²) in [5, 5.41) is 0. The van der Waals surface area contributed by atoms with Crippen molar-refractivity contribution in [1.29, 1.82) is 0 Å². The molecule has 0 aromatic rings. The van der Waals surface area contributed by atoms with Gasteiger partial charge in [-0.15, -0.1) is 0 Å². The van der Waals surface area contributed by atoms with Crippen molar-refractivity contribution < 1.29 is 23.4 Å². The SMILES string of the molecule is CC[Si](CC)(CC)O[C@@H]1CC[C@]2(C)O[C@H]3CCC(=O)O[C@]3(C)CC[C@H]2OC1(C)C. The van der Waals surface area contributed by atoms with E-state index in [1.807, 2.05) is 6.92 Å². The van der Waals surface area contributed by atoms with Crippen LogP contribution in [0.3, 0.4) is 0 Å². The molecular formula is C23H42O5Si. The first-order valence-electron chi connectivity index (χ1n) is 11.8. The smallest absolute Gasteiger partial charge is 0.306 e. The number of esters is 1. The zero-order chi connectivity index (χ0) is 21.5. The summed E-state index contributed by atoms with van der Waals surface area (Å²) in [6.07, 6.45) is 4.66. The molecule has 0 bridgehead atoms. The lowest BCUT2D eigenvalue weighted by Crippen LogP contribution is -2.52. The van der Waals surface area contributed by atoms with Crippen molar-refractivity contribution in [1.82, 2.24) is 0 Å². The van der Waals surface area contributed by atoms with Gasteiger partial charge in [-0.3, -0.25) is 4.79 Å². The van der Waals surface area contributed by atoms with Gasteiger partial charge in [0.1, 0.15) is 5.60 Å². The fraction of sp³-hybridized carbons (Fsp3) is 0.957. The lowest BCUT2D eigenvalue weighted by atomic mass is 9.87. The van der Waals surface area contributed by atoms with Crippen LogP contribution in [0, 0.1) is 0 Å². The van der Waals surface area contributed by atoms with Crippen LogP contribution in [0.25, 0.3) is 0 Å². The molecule has 168 valence electrons. The Bertz CT molecular complexity index is 596. The molecule has 5 nitrogen and oxygen atoms in total. The van der Waals surface area contributed by atoms with Crippen molar-refractivity contribution >= 4 is 14.3 Å². The van der Waals surface area contributed by atoms with Gasteiger partial charge >= 0.3 is 5.97 Å². The van der Waals surface area contributed by atoms with Crippen LogP contribution >= 0.6 is 0 Å². The van der Waals surface area contributed by atoms with Gasteiger partial charge in [-0.25, -0.2) is 0 Å². The fourth-order valence-electron chi connectivity index (χ4n) is 5.56. The predicted molar refractivity (Wildman–Crippen MR) is 116 cm³/mol. The minimum absolute atomic E-state index is 0.0202. The van der Waals surface area contributed by atoms with Crippen LogP contribution in [0.15, 0.2) is 0 Å². The van der Waals surface area contributed by atoms with Crippen molar-refractivity contribution in [3.05, 3.63) is 0 Å². The average molecular weight is 427 g/mol. The molecule has 0 aromatic heterocycles. The molecular weight excluding hydrogens is 384 g/mol. The van der Waals surface area contributed by atoms with Gasteiger partial charge in [0.2, 0.25) is 0 Å². The molecule has 0 spiro atoms. The molecule has 3 fully saturated rings. The molecule has 3 rings (SSSR count). The van der Waals surface area contributed by atoms with Crippen LogP contribution < -0.4 is 0 Å². The van der Waals surface area contributed by atoms with E-state index in [1.54, 1.807) is 0 Å². The zero-order valence-electron chi connectivity index (χ0n) is 19.6. The lowest BCUT2D eigenvalue weighted by molar-refractivity contribution is -0.223. The summed E-state index contributed by atoms with van der Waals surface area (Å²) < 4.78 is 26.2. The Morgan fingerprint density at radius 3 is 2.10 bits per heavy atom. The number of ether oxygens (including phenoxy) is 3. The highest BCUT2D eigenvalue weighted by Crippen LogP contribution is 2.47. The van der Waals surface area contributed by atoms with Crippen LogP contribution in [0.5, 0.6) is 0 Å². The molecule has 3 aliphatic heterocycles. The van der Waals surface area contributed by atoms with Crippen LogP contribution in [0.4, 0.5) is 0 Å². The lowest BCUT2D eigenvalue weighted by Gasteiger charge is -2.42. The summed E-state index contributed by atoms with van der Waals surface area (Å²) in [4.78, 5) is 11.9. The number of hydrogen-bond acceptors (Lipinski definition) is 5. The van der Waals surface area contributed by atoms with E-state index in [9.17, 15) is 4.79 Å². The quantitative estimate of drug-likeness (QED) is 0.437. The Kier molecular flexibility index (Phi) is 6.61. The molecule has 29 heavy (non-hydrogen) atoms. The first-order valence-corrected chi connectivity index (χ1v) is 14.3. The summed E-state index contributed by atoms with van der Waals surface area (Å²) in [6.45, 7) is 15.4. The van der Waals surface area contributed by atoms with Gasteiger partial charge in [0.05, 0.1) is 29.5 Å². The summed E-state index contributed by atoms with van der Waals surface area (Å²) in [5.74, 6) is -0.102. The van der Waals surface area contributed by atoms with Crippen LogP contribution in [0.1, 0.15) is 87.0 Å². The van der Waals surface area contributed by atoms with Gasteiger partial charge in [0.15, 0.2) is 8.32 Å². The van der Waals surface area contributed by atoms with Gasteiger partial charge < -0.3 is 18.6 Å². The van der Waals surface area contributed by atoms with Crippen molar-refractivity contribution in [3.8, 4) is 0 Å². The van der Waals surface area contributed by atoms with E-state index in [0.29, 0.717) is 6.42 Å². The minimum Gasteiger partial charge on any atom is -0.457 e. The molecule has 0 unspecified atom stereocenters. The average Bonchev–Trinajstić information content (AvgIpc) is 2.83. The van der Waals surface area contributed by atoms with Crippen molar-refractivity contribution in [2.45, 2.75) is 140 Å². The molecule has 5 atom stereocenters. The van der Waals surface area contributed by atoms with Gasteiger partial charge in [-0.1, -0.05) is 20.8 Å². The Morgan fingerprint density at radius 2 is 1.48 bits per heavy atom. The van der Waals surface area contributed by atoms with E-state index in [1.165, 1.54) is 0 Å². The van der Waals surface area contributed by atoms with E-state index in [-0.39, 0.29) is 35.5 Å². The molecule has 6 heteroatoms. The van der Waals surface area contributed by atoms with Crippen LogP contribution in [0.2, 0.25) is 18.1 Å². The van der Waals surface area contributed by atoms with E-state index >= 15 is 0 Å². The minimum atomic E-state index is -1.73. The van der Waals surface area contributed by atoms with Gasteiger partial charge in [-0.05, 0) is 77.9 Å². The highest BCUT2D eigenvalue weighted by molar-refractivity contribution is 6.73. The number of carbonyl (C=O) groups is 1. The largest absolute Gasteiger partial charge is 0.457 e. The van der Waals surface area contributed by atoms with E-state index in [4.69, 9.17) is 18.6 Å². The second kappa shape index (κ2) is 8.25. The third-order valence-electron chi connectivity index (χ3n) is 8.08. The molecule has 0 saturated carbocycles. The monoisotopic (exact) mass is 426 g/mol. The fourth-order valence-corrected chi connectivity index (χ4v) is 8.57. The van der Waals surface area contributed by atoms with Crippen LogP contribution in [-0.4, -0.2) is 49.4 Å². The van der Waals surface area contributed by atoms with E-state index < -0.39 is 13.9 Å². The number of rotatable bonds is 5. The maximum absolute atomic E-state index is 11.9. The topological polar surface area (TPSA) is 54.0 Å². The molecule has 3 saturated heterocycles. The van der Waals surface area contributed by atoms with Crippen molar-refractivity contribution in [3.63, 3.8) is 0 Å². The first-order chi connectivity index (χ1) is 13.5. The predicted octanol–water partition coefficient (Wildman–Crippen LogP) is 5.37. The Balaban J connectivity index is 1.83. The van der Waals surface area contributed by atoms with E-state index in [0.717, 1.165) is 50.2 Å².